The average molecular weight is 261 g/mol. The number of carbonyl (C=O) groups excluding carboxylic acids is 2. The second-order valence-electron chi connectivity index (χ2n) is 3.43. The number of carboxylic acids is 2. The Kier molecular flexibility index (Phi) is 7.05. The molecule has 0 aliphatic carbocycles. The van der Waals surface area contributed by atoms with Gasteiger partial charge in [-0.3, -0.25) is 19.2 Å². The third-order valence-corrected chi connectivity index (χ3v) is 1.88. The maximum Gasteiger partial charge on any atom is 0.322 e. The molecular weight excluding hydrogens is 246 g/mol. The van der Waals surface area contributed by atoms with Gasteiger partial charge in [-0.25, -0.2) is 0 Å². The number of carbonyl (C=O) groups is 4. The van der Waals surface area contributed by atoms with Crippen LogP contribution in [0.4, 0.5) is 0 Å². The van der Waals surface area contributed by atoms with Crippen molar-refractivity contribution in [2.24, 2.45) is 5.73 Å². The molecular formula is C9H15N3O6. The van der Waals surface area contributed by atoms with E-state index < -0.39 is 36.3 Å². The van der Waals surface area contributed by atoms with Gasteiger partial charge < -0.3 is 26.6 Å². The van der Waals surface area contributed by atoms with E-state index in [1.807, 2.05) is 5.32 Å². The van der Waals surface area contributed by atoms with Crippen molar-refractivity contribution >= 4 is 23.8 Å². The topological polar surface area (TPSA) is 159 Å². The molecule has 9 heteroatoms. The van der Waals surface area contributed by atoms with Crippen molar-refractivity contribution in [3.63, 3.8) is 0 Å². The van der Waals surface area contributed by atoms with Crippen LogP contribution in [-0.4, -0.2) is 53.1 Å². The third kappa shape index (κ3) is 8.05. The molecule has 18 heavy (non-hydrogen) atoms. The molecule has 0 heterocycles. The zero-order valence-corrected chi connectivity index (χ0v) is 9.51. The van der Waals surface area contributed by atoms with Crippen molar-refractivity contribution in [1.29, 1.82) is 0 Å². The quantitative estimate of drug-likeness (QED) is 0.323. The Balaban J connectivity index is 3.73. The highest BCUT2D eigenvalue weighted by atomic mass is 16.4. The first-order valence-corrected chi connectivity index (χ1v) is 5.06. The number of rotatable bonds is 8. The summed E-state index contributed by atoms with van der Waals surface area (Å²) >= 11 is 0. The van der Waals surface area contributed by atoms with Crippen LogP contribution in [0.2, 0.25) is 0 Å². The van der Waals surface area contributed by atoms with Gasteiger partial charge in [-0.05, 0) is 6.42 Å². The summed E-state index contributed by atoms with van der Waals surface area (Å²) in [5.41, 5.74) is 5.18. The van der Waals surface area contributed by atoms with Crippen LogP contribution in [0, 0.1) is 0 Å². The zero-order chi connectivity index (χ0) is 14.1. The molecule has 0 spiro atoms. The second kappa shape index (κ2) is 8.01. The van der Waals surface area contributed by atoms with Gasteiger partial charge in [0.15, 0.2) is 0 Å². The van der Waals surface area contributed by atoms with Crippen LogP contribution >= 0.6 is 0 Å². The van der Waals surface area contributed by atoms with Crippen molar-refractivity contribution in [2.45, 2.75) is 18.9 Å². The molecule has 0 aliphatic heterocycles. The average Bonchev–Trinajstić information content (AvgIpc) is 2.30. The van der Waals surface area contributed by atoms with E-state index in [0.717, 1.165) is 0 Å². The Morgan fingerprint density at radius 1 is 1.00 bits per heavy atom. The lowest BCUT2D eigenvalue weighted by Crippen LogP contribution is -2.39. The third-order valence-electron chi connectivity index (χ3n) is 1.88. The van der Waals surface area contributed by atoms with Gasteiger partial charge in [0, 0.05) is 6.42 Å². The first kappa shape index (κ1) is 15.8. The van der Waals surface area contributed by atoms with Crippen LogP contribution in [0.15, 0.2) is 0 Å². The molecule has 0 unspecified atom stereocenters. The smallest absolute Gasteiger partial charge is 0.322 e. The standard InChI is InChI=1S/C9H15N3O6/c10-5(9(17)18)1-2-6(13)11-3-7(14)12-4-8(15)16/h5H,1-4,10H2,(H,11,13)(H,12,14)(H,15,16)(H,17,18)/t5-/m1/s1. The van der Waals surface area contributed by atoms with Gasteiger partial charge in [0.25, 0.3) is 0 Å². The van der Waals surface area contributed by atoms with E-state index in [0.29, 0.717) is 0 Å². The minimum atomic E-state index is -1.21. The van der Waals surface area contributed by atoms with Gasteiger partial charge in [-0.2, -0.15) is 0 Å². The highest BCUT2D eigenvalue weighted by Crippen LogP contribution is 1.94. The lowest BCUT2D eigenvalue weighted by molar-refractivity contribution is -0.139. The molecule has 1 atom stereocenters. The van der Waals surface area contributed by atoms with E-state index in [-0.39, 0.29) is 19.4 Å². The molecule has 0 saturated heterocycles. The number of aliphatic carboxylic acids is 2. The molecule has 0 aliphatic rings. The maximum atomic E-state index is 11.2. The molecule has 0 bridgehead atoms. The van der Waals surface area contributed by atoms with Crippen LogP contribution in [0.5, 0.6) is 0 Å². The molecule has 9 nitrogen and oxygen atoms in total. The Morgan fingerprint density at radius 3 is 2.06 bits per heavy atom. The monoisotopic (exact) mass is 261 g/mol. The summed E-state index contributed by atoms with van der Waals surface area (Å²) in [5, 5.41) is 21.0. The zero-order valence-electron chi connectivity index (χ0n) is 9.51. The predicted molar refractivity (Wildman–Crippen MR) is 58.5 cm³/mol. The molecule has 0 aromatic rings. The van der Waals surface area contributed by atoms with Gasteiger partial charge in [-0.1, -0.05) is 0 Å². The van der Waals surface area contributed by atoms with Crippen LogP contribution in [0.1, 0.15) is 12.8 Å². The minimum Gasteiger partial charge on any atom is -0.480 e. The summed E-state index contributed by atoms with van der Waals surface area (Å²) < 4.78 is 0. The molecule has 6 N–H and O–H groups in total. The molecule has 0 radical (unpaired) electrons. The summed E-state index contributed by atoms with van der Waals surface area (Å²) in [6.45, 7) is -0.896. The van der Waals surface area contributed by atoms with E-state index in [1.54, 1.807) is 0 Å². The van der Waals surface area contributed by atoms with Crippen molar-refractivity contribution in [2.75, 3.05) is 13.1 Å². The summed E-state index contributed by atoms with van der Waals surface area (Å²) in [7, 11) is 0. The minimum absolute atomic E-state index is 0.0437. The van der Waals surface area contributed by atoms with Crippen molar-refractivity contribution in [1.82, 2.24) is 10.6 Å². The maximum absolute atomic E-state index is 11.2. The SMILES string of the molecule is N[C@H](CCC(=O)NCC(=O)NCC(=O)O)C(=O)O. The fourth-order valence-electron chi connectivity index (χ4n) is 0.914. The normalized spacial score (nSPS) is 11.4. The molecule has 2 amide bonds. The highest BCUT2D eigenvalue weighted by molar-refractivity contribution is 5.86. The Hall–Kier alpha value is -2.16. The van der Waals surface area contributed by atoms with E-state index in [9.17, 15) is 19.2 Å². The van der Waals surface area contributed by atoms with Crippen molar-refractivity contribution in [3.05, 3.63) is 0 Å². The summed E-state index contributed by atoms with van der Waals surface area (Å²) in [4.78, 5) is 42.6. The lowest BCUT2D eigenvalue weighted by Gasteiger charge is -2.07. The molecule has 0 fully saturated rings. The fourth-order valence-corrected chi connectivity index (χ4v) is 0.914. The number of hydrogen-bond acceptors (Lipinski definition) is 5. The first-order chi connectivity index (χ1) is 8.32. The van der Waals surface area contributed by atoms with Crippen molar-refractivity contribution < 1.29 is 29.4 Å². The van der Waals surface area contributed by atoms with Crippen LogP contribution in [0.3, 0.4) is 0 Å². The summed E-state index contributed by atoms with van der Waals surface area (Å²) in [5.74, 6) is -3.57. The number of nitrogens with two attached hydrogens (primary N) is 1. The number of hydrogen-bond donors (Lipinski definition) is 5. The summed E-state index contributed by atoms with van der Waals surface area (Å²) in [6, 6.07) is -1.13. The van der Waals surface area contributed by atoms with Gasteiger partial charge >= 0.3 is 11.9 Å². The van der Waals surface area contributed by atoms with E-state index in [2.05, 4.69) is 5.32 Å². The van der Waals surface area contributed by atoms with E-state index in [4.69, 9.17) is 15.9 Å². The van der Waals surface area contributed by atoms with Crippen LogP contribution < -0.4 is 16.4 Å². The van der Waals surface area contributed by atoms with E-state index in [1.165, 1.54) is 0 Å². The lowest BCUT2D eigenvalue weighted by atomic mass is 10.1. The predicted octanol–water partition coefficient (Wildman–Crippen LogP) is -2.50. The molecule has 0 saturated carbocycles. The molecule has 0 aromatic carbocycles. The first-order valence-electron chi connectivity index (χ1n) is 5.06. The largest absolute Gasteiger partial charge is 0.480 e. The van der Waals surface area contributed by atoms with Gasteiger partial charge in [0.1, 0.15) is 12.6 Å². The molecule has 0 aromatic heterocycles. The van der Waals surface area contributed by atoms with Crippen LogP contribution in [-0.2, 0) is 19.2 Å². The second-order valence-corrected chi connectivity index (χ2v) is 3.43. The van der Waals surface area contributed by atoms with E-state index >= 15 is 0 Å². The van der Waals surface area contributed by atoms with Gasteiger partial charge in [0.2, 0.25) is 11.8 Å². The summed E-state index contributed by atoms with van der Waals surface area (Å²) in [6.07, 6.45) is -0.169. The Morgan fingerprint density at radius 2 is 1.56 bits per heavy atom. The fraction of sp³-hybridized carbons (Fsp3) is 0.556. The number of nitrogens with one attached hydrogen (secondary N) is 2. The molecule has 102 valence electrons. The van der Waals surface area contributed by atoms with Gasteiger partial charge in [0.05, 0.1) is 6.54 Å². The highest BCUT2D eigenvalue weighted by Gasteiger charge is 2.13. The van der Waals surface area contributed by atoms with Crippen LogP contribution in [0.25, 0.3) is 0 Å². The van der Waals surface area contributed by atoms with Gasteiger partial charge in [-0.15, -0.1) is 0 Å². The number of carboxylic acid groups (broad SMARTS) is 2. The number of amides is 2. The van der Waals surface area contributed by atoms with Crippen molar-refractivity contribution in [3.8, 4) is 0 Å². The Bertz CT molecular complexity index is 343. The molecule has 0 rings (SSSR count). The Labute approximate surface area is 102 Å².